The van der Waals surface area contributed by atoms with Crippen molar-refractivity contribution in [3.63, 3.8) is 0 Å². The van der Waals surface area contributed by atoms with Gasteiger partial charge >= 0.3 is 0 Å². The normalized spacial score (nSPS) is 11.3. The fourth-order valence-electron chi connectivity index (χ4n) is 2.72. The molecule has 134 valence electrons. The number of fused-ring (bicyclic) bond motifs is 1. The van der Waals surface area contributed by atoms with E-state index in [0.29, 0.717) is 20.7 Å². The summed E-state index contributed by atoms with van der Waals surface area (Å²) in [6.45, 7) is 0. The molecule has 4 rings (SSSR count). The minimum Gasteiger partial charge on any atom is -0.507 e. The van der Waals surface area contributed by atoms with E-state index in [4.69, 9.17) is 23.2 Å². The predicted molar refractivity (Wildman–Crippen MR) is 114 cm³/mol. The summed E-state index contributed by atoms with van der Waals surface area (Å²) in [6, 6.07) is 16.6. The minimum atomic E-state index is 0.173. The van der Waals surface area contributed by atoms with E-state index in [-0.39, 0.29) is 5.75 Å². The van der Waals surface area contributed by atoms with E-state index in [2.05, 4.69) is 15.5 Å². The molecule has 3 aromatic carbocycles. The molecule has 1 heterocycles. The topological polar surface area (TPSA) is 57.5 Å². The lowest BCUT2D eigenvalue weighted by atomic mass is 10.0. The van der Waals surface area contributed by atoms with Gasteiger partial charge in [-0.3, -0.25) is 5.43 Å². The Balaban J connectivity index is 1.57. The first-order valence-corrected chi connectivity index (χ1v) is 9.66. The maximum atomic E-state index is 10.2. The Morgan fingerprint density at radius 3 is 2.78 bits per heavy atom. The molecule has 4 nitrogen and oxygen atoms in total. The second kappa shape index (κ2) is 7.56. The van der Waals surface area contributed by atoms with Crippen LogP contribution in [0, 0.1) is 0 Å². The van der Waals surface area contributed by atoms with Crippen LogP contribution in [-0.2, 0) is 0 Å². The highest BCUT2D eigenvalue weighted by atomic mass is 35.5. The standard InChI is InChI=1S/C20H13Cl2N3OS/c21-13-6-7-15(17(22)9-13)18-11-27-20(24-18)25-23-10-16-14-4-2-1-3-12(14)5-8-19(16)26/h1-11,26H,(H,24,25)/b23-10+. The van der Waals surface area contributed by atoms with Crippen LogP contribution in [0.2, 0.25) is 10.0 Å². The van der Waals surface area contributed by atoms with Crippen LogP contribution in [0.1, 0.15) is 5.56 Å². The quantitative estimate of drug-likeness (QED) is 0.299. The Labute approximate surface area is 169 Å². The van der Waals surface area contributed by atoms with Crippen molar-refractivity contribution in [2.75, 3.05) is 5.43 Å². The van der Waals surface area contributed by atoms with Crippen molar-refractivity contribution < 1.29 is 5.11 Å². The number of hydrazone groups is 1. The van der Waals surface area contributed by atoms with Crippen molar-refractivity contribution in [3.05, 3.63) is 75.6 Å². The van der Waals surface area contributed by atoms with Crippen molar-refractivity contribution in [3.8, 4) is 17.0 Å². The molecular formula is C20H13Cl2N3OS. The summed E-state index contributed by atoms with van der Waals surface area (Å²) < 4.78 is 0. The van der Waals surface area contributed by atoms with E-state index in [1.165, 1.54) is 11.3 Å². The van der Waals surface area contributed by atoms with Crippen molar-refractivity contribution >= 4 is 56.7 Å². The van der Waals surface area contributed by atoms with Crippen molar-refractivity contribution in [1.29, 1.82) is 0 Å². The molecule has 0 spiro atoms. The van der Waals surface area contributed by atoms with Gasteiger partial charge in [0, 0.05) is 21.5 Å². The van der Waals surface area contributed by atoms with Gasteiger partial charge in [0.1, 0.15) is 5.75 Å². The van der Waals surface area contributed by atoms with E-state index in [1.807, 2.05) is 41.8 Å². The molecule has 0 saturated heterocycles. The minimum absolute atomic E-state index is 0.173. The van der Waals surface area contributed by atoms with Crippen molar-refractivity contribution in [1.82, 2.24) is 4.98 Å². The average molecular weight is 414 g/mol. The zero-order chi connectivity index (χ0) is 18.8. The maximum absolute atomic E-state index is 10.2. The number of anilines is 1. The van der Waals surface area contributed by atoms with Gasteiger partial charge in [-0.2, -0.15) is 5.10 Å². The number of aromatic hydroxyl groups is 1. The van der Waals surface area contributed by atoms with Crippen molar-refractivity contribution in [2.24, 2.45) is 5.10 Å². The first-order valence-electron chi connectivity index (χ1n) is 8.02. The second-order valence-electron chi connectivity index (χ2n) is 5.75. The number of thiazole rings is 1. The average Bonchev–Trinajstić information content (AvgIpc) is 3.12. The SMILES string of the molecule is Oc1ccc2ccccc2c1/C=N/Nc1nc(-c2ccc(Cl)cc2Cl)cs1. The van der Waals surface area contributed by atoms with Gasteiger partial charge in [-0.1, -0.05) is 53.5 Å². The number of aromatic nitrogens is 1. The summed E-state index contributed by atoms with van der Waals surface area (Å²) in [6.07, 6.45) is 1.59. The Hall–Kier alpha value is -2.60. The molecule has 0 aliphatic carbocycles. The molecule has 0 unspecified atom stereocenters. The molecule has 2 N–H and O–H groups in total. The van der Waals surface area contributed by atoms with Gasteiger partial charge in [0.15, 0.2) is 0 Å². The van der Waals surface area contributed by atoms with Gasteiger partial charge in [0.2, 0.25) is 5.13 Å². The molecule has 0 fully saturated rings. The molecule has 0 atom stereocenters. The van der Waals surface area contributed by atoms with Crippen LogP contribution >= 0.6 is 34.5 Å². The molecule has 7 heteroatoms. The summed E-state index contributed by atoms with van der Waals surface area (Å²) in [5.74, 6) is 0.173. The monoisotopic (exact) mass is 413 g/mol. The largest absolute Gasteiger partial charge is 0.507 e. The second-order valence-corrected chi connectivity index (χ2v) is 7.45. The van der Waals surface area contributed by atoms with E-state index >= 15 is 0 Å². The molecular weight excluding hydrogens is 401 g/mol. The third-order valence-electron chi connectivity index (χ3n) is 4.01. The van der Waals surface area contributed by atoms with Gasteiger partial charge in [0.25, 0.3) is 0 Å². The Bertz CT molecular complexity index is 1160. The third-order valence-corrected chi connectivity index (χ3v) is 5.31. The molecule has 1 aromatic heterocycles. The highest BCUT2D eigenvalue weighted by Gasteiger charge is 2.09. The van der Waals surface area contributed by atoms with Crippen LogP contribution in [-0.4, -0.2) is 16.3 Å². The van der Waals surface area contributed by atoms with Crippen LogP contribution in [0.25, 0.3) is 22.0 Å². The lowest BCUT2D eigenvalue weighted by Crippen LogP contribution is -1.92. The summed E-state index contributed by atoms with van der Waals surface area (Å²) in [7, 11) is 0. The summed E-state index contributed by atoms with van der Waals surface area (Å²) >= 11 is 13.6. The van der Waals surface area contributed by atoms with Crippen LogP contribution in [0.15, 0.2) is 65.1 Å². The molecule has 0 amide bonds. The number of hydrogen-bond donors (Lipinski definition) is 2. The number of hydrogen-bond acceptors (Lipinski definition) is 5. The van der Waals surface area contributed by atoms with E-state index in [1.54, 1.807) is 24.4 Å². The van der Waals surface area contributed by atoms with Crippen LogP contribution in [0.4, 0.5) is 5.13 Å². The Morgan fingerprint density at radius 1 is 1.07 bits per heavy atom. The van der Waals surface area contributed by atoms with Crippen LogP contribution in [0.5, 0.6) is 5.75 Å². The number of rotatable bonds is 4. The zero-order valence-corrected chi connectivity index (χ0v) is 16.2. The maximum Gasteiger partial charge on any atom is 0.203 e. The lowest BCUT2D eigenvalue weighted by molar-refractivity contribution is 0.475. The molecule has 4 aromatic rings. The van der Waals surface area contributed by atoms with Gasteiger partial charge in [-0.05, 0) is 35.0 Å². The third kappa shape index (κ3) is 3.76. The first-order chi connectivity index (χ1) is 13.1. The Morgan fingerprint density at radius 2 is 1.93 bits per heavy atom. The number of phenolic OH excluding ortho intramolecular Hbond substituents is 1. The van der Waals surface area contributed by atoms with Gasteiger partial charge < -0.3 is 5.11 Å². The fraction of sp³-hybridized carbons (Fsp3) is 0. The van der Waals surface area contributed by atoms with E-state index in [9.17, 15) is 5.11 Å². The first kappa shape index (κ1) is 17.8. The van der Waals surface area contributed by atoms with E-state index in [0.717, 1.165) is 22.0 Å². The van der Waals surface area contributed by atoms with Gasteiger partial charge in [-0.15, -0.1) is 11.3 Å². The molecule has 27 heavy (non-hydrogen) atoms. The molecule has 0 aliphatic rings. The highest BCUT2D eigenvalue weighted by molar-refractivity contribution is 7.14. The van der Waals surface area contributed by atoms with Gasteiger partial charge in [0.05, 0.1) is 16.9 Å². The van der Waals surface area contributed by atoms with Gasteiger partial charge in [-0.25, -0.2) is 4.98 Å². The lowest BCUT2D eigenvalue weighted by Gasteiger charge is -2.04. The zero-order valence-electron chi connectivity index (χ0n) is 13.9. The summed E-state index contributed by atoms with van der Waals surface area (Å²) in [5.41, 5.74) is 5.10. The summed E-state index contributed by atoms with van der Waals surface area (Å²) in [4.78, 5) is 4.49. The fourth-order valence-corrected chi connectivity index (χ4v) is 3.88. The molecule has 0 bridgehead atoms. The number of halogens is 2. The van der Waals surface area contributed by atoms with Crippen LogP contribution < -0.4 is 5.43 Å². The van der Waals surface area contributed by atoms with Crippen LogP contribution in [0.3, 0.4) is 0 Å². The smallest absolute Gasteiger partial charge is 0.203 e. The summed E-state index contributed by atoms with van der Waals surface area (Å²) in [5, 5.41) is 20.0. The highest BCUT2D eigenvalue weighted by Crippen LogP contribution is 2.32. The van der Waals surface area contributed by atoms with Crippen molar-refractivity contribution in [2.45, 2.75) is 0 Å². The number of nitrogens with zero attached hydrogens (tertiary/aromatic N) is 2. The number of phenols is 1. The molecule has 0 saturated carbocycles. The predicted octanol–water partition coefficient (Wildman–Crippen LogP) is 6.42. The number of benzene rings is 3. The molecule has 0 radical (unpaired) electrons. The molecule has 0 aliphatic heterocycles. The Kier molecular flexibility index (Phi) is 4.99. The van der Waals surface area contributed by atoms with E-state index < -0.39 is 0 Å². The number of nitrogens with one attached hydrogen (secondary N) is 1.